The van der Waals surface area contributed by atoms with Crippen LogP contribution < -0.4 is 4.74 Å². The van der Waals surface area contributed by atoms with Crippen molar-refractivity contribution in [3.8, 4) is 5.88 Å². The first kappa shape index (κ1) is 11.0. The third kappa shape index (κ3) is 2.74. The molecule has 0 radical (unpaired) electrons. The van der Waals surface area contributed by atoms with Crippen LogP contribution in [0.5, 0.6) is 5.88 Å². The van der Waals surface area contributed by atoms with Crippen molar-refractivity contribution >= 4 is 23.2 Å². The molecule has 3 nitrogen and oxygen atoms in total. The van der Waals surface area contributed by atoms with Crippen LogP contribution in [0.3, 0.4) is 0 Å². The molecular formula is C10H11Cl2NO2. The minimum atomic E-state index is 0.0989. The largest absolute Gasteiger partial charge is 0.472 e. The van der Waals surface area contributed by atoms with Crippen LogP contribution in [0.2, 0.25) is 5.02 Å². The summed E-state index contributed by atoms with van der Waals surface area (Å²) in [5, 5.41) is 0.569. The molecule has 0 amide bonds. The van der Waals surface area contributed by atoms with Gasteiger partial charge in [-0.05, 0) is 6.07 Å². The van der Waals surface area contributed by atoms with Gasteiger partial charge in [-0.25, -0.2) is 4.98 Å². The molecule has 1 unspecified atom stereocenters. The predicted octanol–water partition coefficient (Wildman–Crippen LogP) is 2.64. The van der Waals surface area contributed by atoms with Crippen LogP contribution in [0, 0.1) is 0 Å². The van der Waals surface area contributed by atoms with Crippen molar-refractivity contribution < 1.29 is 9.47 Å². The Hall–Kier alpha value is -0.510. The van der Waals surface area contributed by atoms with Crippen molar-refractivity contribution in [2.24, 2.45) is 0 Å². The van der Waals surface area contributed by atoms with E-state index in [1.54, 1.807) is 12.1 Å². The second kappa shape index (κ2) is 5.01. The second-order valence-corrected chi connectivity index (χ2v) is 3.99. The van der Waals surface area contributed by atoms with Crippen molar-refractivity contribution in [3.05, 3.63) is 22.8 Å². The number of halogens is 2. The molecule has 15 heavy (non-hydrogen) atoms. The highest BCUT2D eigenvalue weighted by molar-refractivity contribution is 6.32. The van der Waals surface area contributed by atoms with E-state index in [2.05, 4.69) is 4.98 Å². The van der Waals surface area contributed by atoms with E-state index >= 15 is 0 Å². The number of aromatic nitrogens is 1. The highest BCUT2D eigenvalue weighted by atomic mass is 35.5. The molecule has 0 aliphatic carbocycles. The summed E-state index contributed by atoms with van der Waals surface area (Å²) in [6, 6.07) is 3.49. The van der Waals surface area contributed by atoms with Gasteiger partial charge in [0.2, 0.25) is 5.88 Å². The van der Waals surface area contributed by atoms with Crippen LogP contribution in [-0.2, 0) is 10.6 Å². The summed E-state index contributed by atoms with van der Waals surface area (Å²) in [6.07, 6.45) is 1.00. The molecule has 0 saturated carbocycles. The molecule has 0 N–H and O–H groups in total. The van der Waals surface area contributed by atoms with Gasteiger partial charge in [0.05, 0.1) is 29.8 Å². The summed E-state index contributed by atoms with van der Waals surface area (Å²) >= 11 is 11.6. The van der Waals surface area contributed by atoms with Crippen LogP contribution in [0.4, 0.5) is 0 Å². The lowest BCUT2D eigenvalue weighted by atomic mass is 10.3. The van der Waals surface area contributed by atoms with Crippen molar-refractivity contribution in [1.82, 2.24) is 4.98 Å². The first-order chi connectivity index (χ1) is 7.29. The van der Waals surface area contributed by atoms with Crippen LogP contribution in [0.1, 0.15) is 12.1 Å². The van der Waals surface area contributed by atoms with Gasteiger partial charge < -0.3 is 9.47 Å². The average molecular weight is 248 g/mol. The van der Waals surface area contributed by atoms with Gasteiger partial charge in [-0.2, -0.15) is 0 Å². The normalized spacial score (nSPS) is 20.5. The lowest BCUT2D eigenvalue weighted by Gasteiger charge is -2.11. The molecule has 1 aliphatic rings. The molecule has 2 heterocycles. The number of hydrogen-bond donors (Lipinski definition) is 0. The summed E-state index contributed by atoms with van der Waals surface area (Å²) in [4.78, 5) is 4.21. The Balaban J connectivity index is 2.07. The van der Waals surface area contributed by atoms with E-state index < -0.39 is 0 Å². The summed E-state index contributed by atoms with van der Waals surface area (Å²) in [6.45, 7) is 1.38. The zero-order valence-corrected chi connectivity index (χ0v) is 9.59. The summed E-state index contributed by atoms with van der Waals surface area (Å²) < 4.78 is 10.8. The topological polar surface area (TPSA) is 31.4 Å². The molecule has 1 aliphatic heterocycles. The Kier molecular flexibility index (Phi) is 3.67. The molecule has 82 valence electrons. The first-order valence-electron chi connectivity index (χ1n) is 4.75. The van der Waals surface area contributed by atoms with E-state index in [4.69, 9.17) is 32.7 Å². The molecule has 1 aromatic heterocycles. The third-order valence-electron chi connectivity index (χ3n) is 2.19. The molecule has 0 spiro atoms. The fourth-order valence-corrected chi connectivity index (χ4v) is 1.84. The quantitative estimate of drug-likeness (QED) is 0.770. The van der Waals surface area contributed by atoms with E-state index in [0.717, 1.165) is 13.0 Å². The highest BCUT2D eigenvalue weighted by Crippen LogP contribution is 2.21. The standard InChI is InChI=1S/C10H11Cl2NO2/c11-5-9-8(12)1-2-10(13-9)15-7-3-4-14-6-7/h1-2,7H,3-6H2. The molecule has 5 heteroatoms. The van der Waals surface area contributed by atoms with Crippen molar-refractivity contribution in [1.29, 1.82) is 0 Å². The Morgan fingerprint density at radius 2 is 2.40 bits per heavy atom. The minimum Gasteiger partial charge on any atom is -0.472 e. The van der Waals surface area contributed by atoms with Gasteiger partial charge in [0.15, 0.2) is 0 Å². The monoisotopic (exact) mass is 247 g/mol. The van der Waals surface area contributed by atoms with Crippen molar-refractivity contribution in [2.75, 3.05) is 13.2 Å². The van der Waals surface area contributed by atoms with Crippen molar-refractivity contribution in [3.63, 3.8) is 0 Å². The van der Waals surface area contributed by atoms with E-state index in [1.807, 2.05) is 0 Å². The van der Waals surface area contributed by atoms with Gasteiger partial charge in [0.25, 0.3) is 0 Å². The fraction of sp³-hybridized carbons (Fsp3) is 0.500. The van der Waals surface area contributed by atoms with Gasteiger partial charge >= 0.3 is 0 Å². The van der Waals surface area contributed by atoms with Gasteiger partial charge in [0.1, 0.15) is 6.10 Å². The zero-order valence-electron chi connectivity index (χ0n) is 8.08. The minimum absolute atomic E-state index is 0.0989. The fourth-order valence-electron chi connectivity index (χ4n) is 1.40. The lowest BCUT2D eigenvalue weighted by molar-refractivity contribution is 0.138. The van der Waals surface area contributed by atoms with Gasteiger partial charge in [-0.15, -0.1) is 11.6 Å². The number of alkyl halides is 1. The lowest BCUT2D eigenvalue weighted by Crippen LogP contribution is -2.16. The number of pyridine rings is 1. The number of ether oxygens (including phenoxy) is 2. The predicted molar refractivity (Wildman–Crippen MR) is 58.7 cm³/mol. The number of hydrogen-bond acceptors (Lipinski definition) is 3. The maximum Gasteiger partial charge on any atom is 0.213 e. The van der Waals surface area contributed by atoms with Gasteiger partial charge in [-0.3, -0.25) is 0 Å². The molecular weight excluding hydrogens is 237 g/mol. The van der Waals surface area contributed by atoms with E-state index in [9.17, 15) is 0 Å². The average Bonchev–Trinajstić information content (AvgIpc) is 2.73. The molecule has 1 fully saturated rings. The highest BCUT2D eigenvalue weighted by Gasteiger charge is 2.18. The van der Waals surface area contributed by atoms with Crippen LogP contribution in [-0.4, -0.2) is 24.3 Å². The van der Waals surface area contributed by atoms with Crippen LogP contribution >= 0.6 is 23.2 Å². The molecule has 1 aromatic rings. The van der Waals surface area contributed by atoms with Crippen LogP contribution in [0.25, 0.3) is 0 Å². The second-order valence-electron chi connectivity index (χ2n) is 3.32. The van der Waals surface area contributed by atoms with Crippen molar-refractivity contribution in [2.45, 2.75) is 18.4 Å². The third-order valence-corrected chi connectivity index (χ3v) is 2.79. The molecule has 1 atom stereocenters. The zero-order chi connectivity index (χ0) is 10.7. The van der Waals surface area contributed by atoms with E-state index in [-0.39, 0.29) is 12.0 Å². The van der Waals surface area contributed by atoms with Gasteiger partial charge in [-0.1, -0.05) is 11.6 Å². The Labute approximate surface area is 98.3 Å². The van der Waals surface area contributed by atoms with Gasteiger partial charge in [0, 0.05) is 12.5 Å². The molecule has 0 bridgehead atoms. The molecule has 0 aromatic carbocycles. The number of nitrogens with zero attached hydrogens (tertiary/aromatic N) is 1. The van der Waals surface area contributed by atoms with E-state index in [1.165, 1.54) is 0 Å². The molecule has 1 saturated heterocycles. The summed E-state index contributed by atoms with van der Waals surface area (Å²) in [5.74, 6) is 0.850. The smallest absolute Gasteiger partial charge is 0.213 e. The maximum absolute atomic E-state index is 5.89. The maximum atomic E-state index is 5.89. The Bertz CT molecular complexity index is 340. The SMILES string of the molecule is ClCc1nc(OC2CCOC2)ccc1Cl. The van der Waals surface area contributed by atoms with E-state index in [0.29, 0.717) is 23.2 Å². The summed E-state index contributed by atoms with van der Waals surface area (Å²) in [5.41, 5.74) is 0.648. The Morgan fingerprint density at radius 1 is 1.53 bits per heavy atom. The van der Waals surface area contributed by atoms with Crippen LogP contribution in [0.15, 0.2) is 12.1 Å². The summed E-state index contributed by atoms with van der Waals surface area (Å²) in [7, 11) is 0. The first-order valence-corrected chi connectivity index (χ1v) is 5.66. The number of rotatable bonds is 3. The molecule has 2 rings (SSSR count). The Morgan fingerprint density at radius 3 is 3.07 bits per heavy atom.